The Bertz CT molecular complexity index is 338. The summed E-state index contributed by atoms with van der Waals surface area (Å²) in [4.78, 5) is 0.773. The van der Waals surface area contributed by atoms with Crippen molar-refractivity contribution in [1.82, 2.24) is 0 Å². The first-order valence-electron chi connectivity index (χ1n) is 4.65. The molecule has 0 unspecified atom stereocenters. The molecule has 0 heterocycles. The average Bonchev–Trinajstić information content (AvgIpc) is 2.01. The Hall–Kier alpha value is -0.670. The lowest BCUT2D eigenvalue weighted by molar-refractivity contribution is 0.146. The van der Waals surface area contributed by atoms with Gasteiger partial charge in [-0.3, -0.25) is 4.18 Å². The second-order valence-corrected chi connectivity index (χ2v) is 6.78. The lowest BCUT2D eigenvalue weighted by Gasteiger charge is -2.32. The number of thiol groups is 1. The zero-order valence-electron chi connectivity index (χ0n) is 9.15. The van der Waals surface area contributed by atoms with Crippen LogP contribution in [-0.4, -0.2) is 16.1 Å². The van der Waals surface area contributed by atoms with Crippen molar-refractivity contribution >= 4 is 10.2 Å². The number of rotatable bonds is 2. The van der Waals surface area contributed by atoms with Crippen LogP contribution in [0, 0.1) is 0 Å². The molecular weight excluding hydrogens is 196 g/mol. The molecule has 80 valence electrons. The maximum Gasteiger partial charge on any atom is 0.0840 e. The van der Waals surface area contributed by atoms with Gasteiger partial charge in [0.2, 0.25) is 0 Å². The highest BCUT2D eigenvalue weighted by atomic mass is 32.3. The summed E-state index contributed by atoms with van der Waals surface area (Å²) in [7, 11) is -2.67. The van der Waals surface area contributed by atoms with Crippen LogP contribution < -0.4 is 0 Å². The van der Waals surface area contributed by atoms with Crippen molar-refractivity contribution < 1.29 is 8.39 Å². The van der Waals surface area contributed by atoms with Crippen molar-refractivity contribution in [2.45, 2.75) is 31.3 Å². The average molecular weight is 214 g/mol. The summed E-state index contributed by atoms with van der Waals surface area (Å²) < 4.78 is 17.8. The molecule has 0 aliphatic carbocycles. The van der Waals surface area contributed by atoms with Crippen molar-refractivity contribution in [2.24, 2.45) is 0 Å². The van der Waals surface area contributed by atoms with E-state index in [1.165, 1.54) is 0 Å². The summed E-state index contributed by atoms with van der Waals surface area (Å²) in [6.07, 6.45) is 1.66. The predicted molar refractivity (Wildman–Crippen MR) is 61.0 cm³/mol. The van der Waals surface area contributed by atoms with Gasteiger partial charge in [-0.2, -0.15) is 10.2 Å². The van der Waals surface area contributed by atoms with Crippen LogP contribution in [-0.2, 0) is 14.4 Å². The van der Waals surface area contributed by atoms with Crippen LogP contribution in [0.4, 0.5) is 0 Å². The molecule has 0 saturated heterocycles. The molecule has 0 N–H and O–H groups in total. The van der Waals surface area contributed by atoms with Gasteiger partial charge in [0.05, 0.1) is 10.5 Å². The van der Waals surface area contributed by atoms with Crippen LogP contribution >= 0.6 is 0 Å². The summed E-state index contributed by atoms with van der Waals surface area (Å²) >= 11 is 0. The van der Waals surface area contributed by atoms with Crippen molar-refractivity contribution in [3.63, 3.8) is 0 Å². The first-order chi connectivity index (χ1) is 6.31. The first-order valence-corrected chi connectivity index (χ1v) is 6.72. The normalized spacial score (nSPS) is 14.0. The van der Waals surface area contributed by atoms with Gasteiger partial charge in [0, 0.05) is 6.26 Å². The van der Waals surface area contributed by atoms with E-state index >= 15 is 0 Å². The van der Waals surface area contributed by atoms with Crippen LogP contribution in [0.2, 0.25) is 0 Å². The summed E-state index contributed by atoms with van der Waals surface area (Å²) in [5.41, 5.74) is -0.375. The second kappa shape index (κ2) is 3.83. The fourth-order valence-corrected chi connectivity index (χ4v) is 3.14. The highest BCUT2D eigenvalue weighted by molar-refractivity contribution is 7.98. The third-order valence-corrected chi connectivity index (χ3v) is 3.81. The largest absolute Gasteiger partial charge is 0.281 e. The van der Waals surface area contributed by atoms with E-state index in [0.29, 0.717) is 0 Å². The van der Waals surface area contributed by atoms with Crippen molar-refractivity contribution in [2.75, 3.05) is 6.26 Å². The molecule has 1 rings (SSSR count). The predicted octanol–water partition coefficient (Wildman–Crippen LogP) is 2.42. The molecule has 3 heteroatoms. The lowest BCUT2D eigenvalue weighted by Crippen LogP contribution is -2.28. The van der Waals surface area contributed by atoms with Crippen LogP contribution in [0.5, 0.6) is 0 Å². The second-order valence-electron chi connectivity index (χ2n) is 4.39. The molecule has 0 bridgehead atoms. The summed E-state index contributed by atoms with van der Waals surface area (Å²) in [6, 6.07) is 9.33. The number of benzene rings is 1. The third-order valence-electron chi connectivity index (χ3n) is 1.67. The zero-order chi connectivity index (χ0) is 10.8. The van der Waals surface area contributed by atoms with E-state index in [9.17, 15) is 4.21 Å². The molecule has 0 amide bonds. The molecule has 0 aromatic heterocycles. The molecule has 2 nitrogen and oxygen atoms in total. The topological polar surface area (TPSA) is 26.3 Å². The smallest absolute Gasteiger partial charge is 0.0840 e. The van der Waals surface area contributed by atoms with Gasteiger partial charge in [0.25, 0.3) is 0 Å². The van der Waals surface area contributed by atoms with Gasteiger partial charge in [-0.15, -0.1) is 0 Å². The summed E-state index contributed by atoms with van der Waals surface area (Å²) in [6.45, 7) is 5.73. The van der Waals surface area contributed by atoms with Crippen molar-refractivity contribution in [3.05, 3.63) is 30.3 Å². The molecule has 0 fully saturated rings. The number of hydrogen-bond acceptors (Lipinski definition) is 2. The molecule has 0 atom stereocenters. The van der Waals surface area contributed by atoms with E-state index in [-0.39, 0.29) is 5.60 Å². The molecule has 0 aliphatic rings. The lowest BCUT2D eigenvalue weighted by atomic mass is 10.2. The monoisotopic (exact) mass is 214 g/mol. The Balaban J connectivity index is 2.93. The zero-order valence-corrected chi connectivity index (χ0v) is 10.0. The maximum atomic E-state index is 12.2. The van der Waals surface area contributed by atoms with Gasteiger partial charge >= 0.3 is 0 Å². The highest BCUT2D eigenvalue weighted by Gasteiger charge is 2.18. The van der Waals surface area contributed by atoms with Crippen molar-refractivity contribution in [3.8, 4) is 0 Å². The molecular formula is C11H18O2S. The van der Waals surface area contributed by atoms with Crippen LogP contribution in [0.1, 0.15) is 20.8 Å². The van der Waals surface area contributed by atoms with E-state index in [1.807, 2.05) is 51.1 Å². The molecule has 1 aromatic rings. The van der Waals surface area contributed by atoms with Gasteiger partial charge < -0.3 is 0 Å². The fraction of sp³-hybridized carbons (Fsp3) is 0.455. The molecule has 0 saturated carbocycles. The van der Waals surface area contributed by atoms with Gasteiger partial charge in [-0.25, -0.2) is 4.21 Å². The molecule has 14 heavy (non-hydrogen) atoms. The Morgan fingerprint density at radius 3 is 2.07 bits per heavy atom. The van der Waals surface area contributed by atoms with Crippen LogP contribution in [0.3, 0.4) is 0 Å². The Morgan fingerprint density at radius 2 is 1.64 bits per heavy atom. The molecule has 1 aromatic carbocycles. The van der Waals surface area contributed by atoms with Crippen LogP contribution in [0.15, 0.2) is 35.2 Å². The summed E-state index contributed by atoms with van der Waals surface area (Å²) in [5, 5.41) is 0. The van der Waals surface area contributed by atoms with E-state index in [2.05, 4.69) is 0 Å². The molecule has 0 spiro atoms. The third kappa shape index (κ3) is 3.24. The minimum Gasteiger partial charge on any atom is -0.281 e. The Morgan fingerprint density at radius 1 is 1.14 bits per heavy atom. The summed E-state index contributed by atoms with van der Waals surface area (Å²) in [5.74, 6) is 0. The van der Waals surface area contributed by atoms with Gasteiger partial charge in [-0.05, 0) is 32.9 Å². The minimum atomic E-state index is -2.67. The van der Waals surface area contributed by atoms with Crippen LogP contribution in [0.25, 0.3) is 0 Å². The van der Waals surface area contributed by atoms with Gasteiger partial charge in [0.1, 0.15) is 0 Å². The minimum absolute atomic E-state index is 0.375. The van der Waals surface area contributed by atoms with Crippen molar-refractivity contribution in [1.29, 1.82) is 0 Å². The maximum absolute atomic E-state index is 12.2. The first kappa shape index (κ1) is 11.4. The standard InChI is InChI=1S/C11H18O2S/c1-11(2,3)13-14(4,12)10-8-6-5-7-9-10/h5-9,14H,1-4H3. The van der Waals surface area contributed by atoms with E-state index in [1.54, 1.807) is 6.26 Å². The molecule has 0 aliphatic heterocycles. The quantitative estimate of drug-likeness (QED) is 0.765. The van der Waals surface area contributed by atoms with E-state index in [4.69, 9.17) is 4.18 Å². The fourth-order valence-electron chi connectivity index (χ4n) is 1.27. The molecule has 0 radical (unpaired) electrons. The van der Waals surface area contributed by atoms with Gasteiger partial charge in [-0.1, -0.05) is 18.2 Å². The Labute approximate surface area is 86.9 Å². The van der Waals surface area contributed by atoms with Gasteiger partial charge in [0.15, 0.2) is 0 Å². The van der Waals surface area contributed by atoms with E-state index < -0.39 is 10.2 Å². The number of hydrogen-bond donors (Lipinski definition) is 1. The van der Waals surface area contributed by atoms with E-state index in [0.717, 1.165) is 4.90 Å². The Kier molecular flexibility index (Phi) is 3.12. The highest BCUT2D eigenvalue weighted by Crippen LogP contribution is 2.23. The SMILES string of the molecule is CC(C)(C)O[SH](C)(=O)c1ccccc1.